The summed E-state index contributed by atoms with van der Waals surface area (Å²) in [5.41, 5.74) is 1.43. The van der Waals surface area contributed by atoms with Crippen molar-refractivity contribution < 1.29 is 9.53 Å². The average molecular weight is 340 g/mol. The molecule has 6 nitrogen and oxygen atoms in total. The molecule has 132 valence electrons. The second kappa shape index (κ2) is 7.09. The smallest absolute Gasteiger partial charge is 0.410 e. The number of anilines is 1. The summed E-state index contributed by atoms with van der Waals surface area (Å²) in [5, 5.41) is 0. The number of amides is 1. The zero-order valence-corrected chi connectivity index (χ0v) is 15.0. The fourth-order valence-electron chi connectivity index (χ4n) is 2.70. The third kappa shape index (κ3) is 4.47. The third-order valence-electron chi connectivity index (χ3n) is 3.95. The molecule has 0 radical (unpaired) electrons. The van der Waals surface area contributed by atoms with Crippen molar-refractivity contribution >= 4 is 11.9 Å². The molecule has 2 aromatic rings. The van der Waals surface area contributed by atoms with E-state index in [0.29, 0.717) is 26.2 Å². The van der Waals surface area contributed by atoms with Crippen LogP contribution in [-0.2, 0) is 4.74 Å². The summed E-state index contributed by atoms with van der Waals surface area (Å²) in [4.78, 5) is 25.1. The van der Waals surface area contributed by atoms with E-state index < -0.39 is 5.60 Å². The van der Waals surface area contributed by atoms with Crippen molar-refractivity contribution in [3.63, 3.8) is 0 Å². The van der Waals surface area contributed by atoms with E-state index in [1.807, 2.05) is 51.1 Å². The number of nitrogens with zero attached hydrogens (tertiary/aromatic N) is 4. The van der Waals surface area contributed by atoms with Gasteiger partial charge in [0.15, 0.2) is 0 Å². The van der Waals surface area contributed by atoms with Crippen LogP contribution in [0.2, 0.25) is 0 Å². The lowest BCUT2D eigenvalue weighted by molar-refractivity contribution is 0.0240. The molecule has 6 heteroatoms. The summed E-state index contributed by atoms with van der Waals surface area (Å²) in [6, 6.07) is 10.0. The van der Waals surface area contributed by atoms with Crippen LogP contribution in [0.15, 0.2) is 42.7 Å². The fourth-order valence-corrected chi connectivity index (χ4v) is 2.70. The molecular formula is C19H24N4O2. The maximum atomic E-state index is 12.2. The molecule has 0 saturated carbocycles. The van der Waals surface area contributed by atoms with E-state index in [9.17, 15) is 4.79 Å². The van der Waals surface area contributed by atoms with Crippen LogP contribution in [0.25, 0.3) is 11.3 Å². The lowest BCUT2D eigenvalue weighted by atomic mass is 10.2. The number of hydrogen-bond donors (Lipinski definition) is 0. The lowest BCUT2D eigenvalue weighted by Crippen LogP contribution is -2.50. The molecule has 0 atom stereocenters. The monoisotopic (exact) mass is 340 g/mol. The fraction of sp³-hybridized carbons (Fsp3) is 0.421. The van der Waals surface area contributed by atoms with E-state index >= 15 is 0 Å². The molecule has 0 spiro atoms. The van der Waals surface area contributed by atoms with Crippen molar-refractivity contribution in [1.82, 2.24) is 14.9 Å². The normalized spacial score (nSPS) is 15.2. The first-order chi connectivity index (χ1) is 11.9. The van der Waals surface area contributed by atoms with Gasteiger partial charge in [0.05, 0.1) is 18.1 Å². The van der Waals surface area contributed by atoms with Gasteiger partial charge in [0, 0.05) is 31.7 Å². The Labute approximate surface area is 148 Å². The first-order valence-corrected chi connectivity index (χ1v) is 8.53. The second-order valence-corrected chi connectivity index (χ2v) is 7.08. The Morgan fingerprint density at radius 2 is 1.72 bits per heavy atom. The number of hydrogen-bond acceptors (Lipinski definition) is 5. The van der Waals surface area contributed by atoms with Crippen LogP contribution >= 0.6 is 0 Å². The SMILES string of the molecule is CC(C)(C)OC(=O)N1CCN(c2cncc(-c3ccccc3)n2)CC1. The Morgan fingerprint density at radius 1 is 1.04 bits per heavy atom. The second-order valence-electron chi connectivity index (χ2n) is 7.08. The zero-order chi connectivity index (χ0) is 17.9. The Kier molecular flexibility index (Phi) is 4.88. The van der Waals surface area contributed by atoms with Crippen molar-refractivity contribution in [3.05, 3.63) is 42.7 Å². The summed E-state index contributed by atoms with van der Waals surface area (Å²) in [6.45, 7) is 8.31. The van der Waals surface area contributed by atoms with E-state index in [4.69, 9.17) is 9.72 Å². The molecule has 0 aliphatic carbocycles. The third-order valence-corrected chi connectivity index (χ3v) is 3.95. The highest BCUT2D eigenvalue weighted by atomic mass is 16.6. The molecule has 3 rings (SSSR count). The molecule has 2 heterocycles. The molecule has 1 fully saturated rings. The Bertz CT molecular complexity index is 720. The number of aromatic nitrogens is 2. The average Bonchev–Trinajstić information content (AvgIpc) is 2.61. The summed E-state index contributed by atoms with van der Waals surface area (Å²) >= 11 is 0. The number of rotatable bonds is 2. The van der Waals surface area contributed by atoms with Crippen LogP contribution in [0.4, 0.5) is 10.6 Å². The predicted molar refractivity (Wildman–Crippen MR) is 97.5 cm³/mol. The van der Waals surface area contributed by atoms with E-state index in [0.717, 1.165) is 17.1 Å². The highest BCUT2D eigenvalue weighted by molar-refractivity contribution is 5.68. The Morgan fingerprint density at radius 3 is 2.36 bits per heavy atom. The van der Waals surface area contributed by atoms with Crippen molar-refractivity contribution in [2.45, 2.75) is 26.4 Å². The number of ether oxygens (including phenoxy) is 1. The largest absolute Gasteiger partial charge is 0.444 e. The van der Waals surface area contributed by atoms with Crippen molar-refractivity contribution in [1.29, 1.82) is 0 Å². The van der Waals surface area contributed by atoms with Crippen LogP contribution in [0.3, 0.4) is 0 Å². The highest BCUT2D eigenvalue weighted by Gasteiger charge is 2.26. The molecule has 0 unspecified atom stereocenters. The lowest BCUT2D eigenvalue weighted by Gasteiger charge is -2.36. The predicted octanol–water partition coefficient (Wildman–Crippen LogP) is 3.20. The van der Waals surface area contributed by atoms with E-state index in [1.165, 1.54) is 0 Å². The molecule has 1 aliphatic rings. The van der Waals surface area contributed by atoms with E-state index in [-0.39, 0.29) is 6.09 Å². The van der Waals surface area contributed by atoms with Gasteiger partial charge in [-0.2, -0.15) is 0 Å². The van der Waals surface area contributed by atoms with Gasteiger partial charge in [0.2, 0.25) is 0 Å². The van der Waals surface area contributed by atoms with Crippen molar-refractivity contribution in [2.75, 3.05) is 31.1 Å². The van der Waals surface area contributed by atoms with E-state index in [1.54, 1.807) is 17.3 Å². The summed E-state index contributed by atoms with van der Waals surface area (Å²) in [6.07, 6.45) is 3.29. The minimum absolute atomic E-state index is 0.253. The molecule has 1 aromatic carbocycles. The standard InChI is InChI=1S/C19H24N4O2/c1-19(2,3)25-18(24)23-11-9-22(10-12-23)17-14-20-13-16(21-17)15-7-5-4-6-8-15/h4-8,13-14H,9-12H2,1-3H3. The number of carbonyl (C=O) groups is 1. The van der Waals surface area contributed by atoms with Gasteiger partial charge < -0.3 is 14.5 Å². The molecule has 1 aliphatic heterocycles. The Balaban J connectivity index is 1.65. The van der Waals surface area contributed by atoms with Crippen LogP contribution in [0, 0.1) is 0 Å². The van der Waals surface area contributed by atoms with Gasteiger partial charge >= 0.3 is 6.09 Å². The van der Waals surface area contributed by atoms with Crippen molar-refractivity contribution in [2.24, 2.45) is 0 Å². The summed E-state index contributed by atoms with van der Waals surface area (Å²) < 4.78 is 5.44. The topological polar surface area (TPSA) is 58.6 Å². The van der Waals surface area contributed by atoms with Gasteiger partial charge in [0.25, 0.3) is 0 Å². The summed E-state index contributed by atoms with van der Waals surface area (Å²) in [5.74, 6) is 0.838. The van der Waals surface area contributed by atoms with Crippen LogP contribution in [-0.4, -0.2) is 52.7 Å². The quantitative estimate of drug-likeness (QED) is 0.840. The molecule has 1 amide bonds. The molecular weight excluding hydrogens is 316 g/mol. The first kappa shape index (κ1) is 17.2. The van der Waals surface area contributed by atoms with Gasteiger partial charge in [-0.3, -0.25) is 4.98 Å². The van der Waals surface area contributed by atoms with Gasteiger partial charge in [-0.15, -0.1) is 0 Å². The molecule has 25 heavy (non-hydrogen) atoms. The maximum Gasteiger partial charge on any atom is 0.410 e. The number of benzene rings is 1. The number of carbonyl (C=O) groups excluding carboxylic acids is 1. The molecule has 1 aromatic heterocycles. The van der Waals surface area contributed by atoms with Gasteiger partial charge in [0.1, 0.15) is 11.4 Å². The highest BCUT2D eigenvalue weighted by Crippen LogP contribution is 2.20. The van der Waals surface area contributed by atoms with Gasteiger partial charge in [-0.05, 0) is 20.8 Å². The van der Waals surface area contributed by atoms with Crippen molar-refractivity contribution in [3.8, 4) is 11.3 Å². The minimum Gasteiger partial charge on any atom is -0.444 e. The maximum absolute atomic E-state index is 12.2. The molecule has 0 bridgehead atoms. The molecule has 1 saturated heterocycles. The van der Waals surface area contributed by atoms with Crippen LogP contribution in [0.5, 0.6) is 0 Å². The van der Waals surface area contributed by atoms with Gasteiger partial charge in [-0.1, -0.05) is 30.3 Å². The van der Waals surface area contributed by atoms with Gasteiger partial charge in [-0.25, -0.2) is 9.78 Å². The Hall–Kier alpha value is -2.63. The first-order valence-electron chi connectivity index (χ1n) is 8.53. The zero-order valence-electron chi connectivity index (χ0n) is 15.0. The summed E-state index contributed by atoms with van der Waals surface area (Å²) in [7, 11) is 0. The molecule has 0 N–H and O–H groups in total. The minimum atomic E-state index is -0.469. The van der Waals surface area contributed by atoms with E-state index in [2.05, 4.69) is 9.88 Å². The van der Waals surface area contributed by atoms with Crippen LogP contribution < -0.4 is 4.90 Å². The number of piperazine rings is 1. The van der Waals surface area contributed by atoms with Crippen LogP contribution in [0.1, 0.15) is 20.8 Å².